The first-order valence-corrected chi connectivity index (χ1v) is 10.6. The van der Waals surface area contributed by atoms with Crippen LogP contribution in [0.3, 0.4) is 0 Å². The van der Waals surface area contributed by atoms with Crippen molar-refractivity contribution in [1.29, 1.82) is 0 Å². The summed E-state index contributed by atoms with van der Waals surface area (Å²) in [6, 6.07) is 25.0. The summed E-state index contributed by atoms with van der Waals surface area (Å²) in [5.41, 5.74) is 1.99. The van der Waals surface area contributed by atoms with Gasteiger partial charge >= 0.3 is 0 Å². The highest BCUT2D eigenvalue weighted by Gasteiger charge is 2.24. The predicted octanol–water partition coefficient (Wildman–Crippen LogP) is 4.62. The number of benzene rings is 3. The average Bonchev–Trinajstić information content (AvgIpc) is 3.26. The van der Waals surface area contributed by atoms with Crippen LogP contribution in [0, 0.1) is 0 Å². The Bertz CT molecular complexity index is 1210. The molecule has 146 valence electrons. The quantitative estimate of drug-likeness (QED) is 0.468. The molecule has 0 aliphatic heterocycles. The zero-order chi connectivity index (χ0) is 20.3. The van der Waals surface area contributed by atoms with Crippen LogP contribution < -0.4 is 4.31 Å². The van der Waals surface area contributed by atoms with E-state index in [1.54, 1.807) is 43.3 Å². The number of rotatable bonds is 6. The molecule has 0 aliphatic carbocycles. The Hall–Kier alpha value is -3.45. The second-order valence-electron chi connectivity index (χ2n) is 6.32. The van der Waals surface area contributed by atoms with Crippen LogP contribution in [0.5, 0.6) is 0 Å². The molecule has 0 radical (unpaired) electrons. The Labute approximate surface area is 169 Å². The first-order valence-electron chi connectivity index (χ1n) is 9.17. The lowest BCUT2D eigenvalue weighted by Crippen LogP contribution is -2.30. The molecular formula is C22H19N3O3S. The molecule has 0 saturated heterocycles. The zero-order valence-electron chi connectivity index (χ0n) is 15.8. The molecule has 0 aliphatic rings. The Balaban J connectivity index is 1.70. The van der Waals surface area contributed by atoms with E-state index in [1.165, 1.54) is 4.31 Å². The SMILES string of the molecule is CCN(c1ccccc1)S(=O)(=O)c1cccc(-c2nc(-c3ccccc3)no2)c1. The van der Waals surface area contributed by atoms with Gasteiger partial charge in [0.25, 0.3) is 15.9 Å². The molecule has 6 nitrogen and oxygen atoms in total. The van der Waals surface area contributed by atoms with E-state index in [9.17, 15) is 8.42 Å². The van der Waals surface area contributed by atoms with Crippen molar-refractivity contribution in [2.24, 2.45) is 0 Å². The number of hydrogen-bond acceptors (Lipinski definition) is 5. The molecule has 0 saturated carbocycles. The van der Waals surface area contributed by atoms with Gasteiger partial charge in [-0.2, -0.15) is 4.98 Å². The van der Waals surface area contributed by atoms with E-state index in [-0.39, 0.29) is 10.8 Å². The molecule has 3 aromatic carbocycles. The van der Waals surface area contributed by atoms with Gasteiger partial charge in [-0.15, -0.1) is 0 Å². The van der Waals surface area contributed by atoms with Crippen molar-refractivity contribution < 1.29 is 12.9 Å². The number of sulfonamides is 1. The van der Waals surface area contributed by atoms with Crippen LogP contribution in [0.1, 0.15) is 6.92 Å². The minimum atomic E-state index is -3.74. The van der Waals surface area contributed by atoms with E-state index in [4.69, 9.17) is 4.52 Å². The van der Waals surface area contributed by atoms with Crippen molar-refractivity contribution in [3.05, 3.63) is 84.9 Å². The van der Waals surface area contributed by atoms with Gasteiger partial charge in [0.15, 0.2) is 0 Å². The number of hydrogen-bond donors (Lipinski definition) is 0. The fourth-order valence-electron chi connectivity index (χ4n) is 3.05. The lowest BCUT2D eigenvalue weighted by molar-refractivity contribution is 0.432. The van der Waals surface area contributed by atoms with Crippen LogP contribution >= 0.6 is 0 Å². The van der Waals surface area contributed by atoms with Crippen LogP contribution in [0.15, 0.2) is 94.3 Å². The summed E-state index contributed by atoms with van der Waals surface area (Å²) in [5.74, 6) is 0.719. The molecule has 4 aromatic rings. The van der Waals surface area contributed by atoms with Gasteiger partial charge in [0, 0.05) is 17.7 Å². The summed E-state index contributed by atoms with van der Waals surface area (Å²) in [4.78, 5) is 4.58. The molecule has 0 amide bonds. The van der Waals surface area contributed by atoms with Crippen molar-refractivity contribution >= 4 is 15.7 Å². The van der Waals surface area contributed by atoms with Crippen molar-refractivity contribution in [3.63, 3.8) is 0 Å². The van der Waals surface area contributed by atoms with E-state index in [0.717, 1.165) is 5.56 Å². The third-order valence-corrected chi connectivity index (χ3v) is 6.36. The van der Waals surface area contributed by atoms with Gasteiger partial charge in [-0.25, -0.2) is 8.42 Å². The lowest BCUT2D eigenvalue weighted by Gasteiger charge is -2.23. The van der Waals surface area contributed by atoms with Gasteiger partial charge in [0.05, 0.1) is 10.6 Å². The molecule has 1 aromatic heterocycles. The van der Waals surface area contributed by atoms with Gasteiger partial charge in [0.2, 0.25) is 5.82 Å². The molecule has 0 fully saturated rings. The van der Waals surface area contributed by atoms with Crippen molar-refractivity contribution in [2.75, 3.05) is 10.8 Å². The van der Waals surface area contributed by atoms with E-state index >= 15 is 0 Å². The Morgan fingerprint density at radius 2 is 1.52 bits per heavy atom. The average molecular weight is 405 g/mol. The smallest absolute Gasteiger partial charge is 0.264 e. The summed E-state index contributed by atoms with van der Waals surface area (Å²) in [6.45, 7) is 2.12. The highest BCUT2D eigenvalue weighted by molar-refractivity contribution is 7.92. The van der Waals surface area contributed by atoms with Crippen LogP contribution in [-0.2, 0) is 10.0 Å². The van der Waals surface area contributed by atoms with Gasteiger partial charge in [-0.3, -0.25) is 4.31 Å². The van der Waals surface area contributed by atoms with Crippen molar-refractivity contribution in [1.82, 2.24) is 10.1 Å². The standard InChI is InChI=1S/C22H19N3O3S/c1-2-25(19-13-7-4-8-14-19)29(26,27)20-15-9-12-18(16-20)22-23-21(24-28-22)17-10-5-3-6-11-17/h3-16H,2H2,1H3. The first-order chi connectivity index (χ1) is 14.1. The summed E-state index contributed by atoms with van der Waals surface area (Å²) in [5, 5.41) is 4.01. The summed E-state index contributed by atoms with van der Waals surface area (Å²) in [6.07, 6.45) is 0. The van der Waals surface area contributed by atoms with E-state index in [1.807, 2.05) is 48.5 Å². The number of nitrogens with zero attached hydrogens (tertiary/aromatic N) is 3. The highest BCUT2D eigenvalue weighted by atomic mass is 32.2. The van der Waals surface area contributed by atoms with Crippen LogP contribution in [-0.4, -0.2) is 25.1 Å². The molecule has 7 heteroatoms. The Morgan fingerprint density at radius 3 is 2.21 bits per heavy atom. The monoisotopic (exact) mass is 405 g/mol. The molecule has 0 atom stereocenters. The molecule has 0 N–H and O–H groups in total. The van der Waals surface area contributed by atoms with E-state index < -0.39 is 10.0 Å². The third kappa shape index (κ3) is 3.77. The fraction of sp³-hybridized carbons (Fsp3) is 0.0909. The van der Waals surface area contributed by atoms with Crippen LogP contribution in [0.25, 0.3) is 22.8 Å². The minimum Gasteiger partial charge on any atom is -0.334 e. The summed E-state index contributed by atoms with van der Waals surface area (Å²) >= 11 is 0. The van der Waals surface area contributed by atoms with Gasteiger partial charge in [-0.1, -0.05) is 59.8 Å². The topological polar surface area (TPSA) is 76.3 Å². The van der Waals surface area contributed by atoms with E-state index in [0.29, 0.717) is 23.6 Å². The lowest BCUT2D eigenvalue weighted by atomic mass is 10.2. The van der Waals surface area contributed by atoms with Gasteiger partial charge in [0.1, 0.15) is 0 Å². The molecule has 4 rings (SSSR count). The number of anilines is 1. The second kappa shape index (κ2) is 7.89. The Morgan fingerprint density at radius 1 is 0.862 bits per heavy atom. The molecule has 0 spiro atoms. The minimum absolute atomic E-state index is 0.167. The van der Waals surface area contributed by atoms with Crippen molar-refractivity contribution in [3.8, 4) is 22.8 Å². The molecule has 0 bridgehead atoms. The van der Waals surface area contributed by atoms with Crippen LogP contribution in [0.4, 0.5) is 5.69 Å². The largest absolute Gasteiger partial charge is 0.334 e. The van der Waals surface area contributed by atoms with Crippen LogP contribution in [0.2, 0.25) is 0 Å². The first kappa shape index (κ1) is 18.9. The number of para-hydroxylation sites is 1. The van der Waals surface area contributed by atoms with Crippen molar-refractivity contribution in [2.45, 2.75) is 11.8 Å². The maximum atomic E-state index is 13.2. The Kier molecular flexibility index (Phi) is 5.14. The third-order valence-electron chi connectivity index (χ3n) is 4.46. The maximum Gasteiger partial charge on any atom is 0.264 e. The molecular weight excluding hydrogens is 386 g/mol. The molecule has 29 heavy (non-hydrogen) atoms. The van der Waals surface area contributed by atoms with Gasteiger partial charge in [-0.05, 0) is 37.3 Å². The maximum absolute atomic E-state index is 13.2. The predicted molar refractivity (Wildman–Crippen MR) is 112 cm³/mol. The second-order valence-corrected chi connectivity index (χ2v) is 8.18. The summed E-state index contributed by atoms with van der Waals surface area (Å²) in [7, 11) is -3.74. The normalized spacial score (nSPS) is 11.3. The fourth-order valence-corrected chi connectivity index (χ4v) is 4.57. The summed E-state index contributed by atoms with van der Waals surface area (Å²) < 4.78 is 33.2. The van der Waals surface area contributed by atoms with E-state index in [2.05, 4.69) is 10.1 Å². The highest BCUT2D eigenvalue weighted by Crippen LogP contribution is 2.27. The van der Waals surface area contributed by atoms with Gasteiger partial charge < -0.3 is 4.52 Å². The number of aromatic nitrogens is 2. The molecule has 1 heterocycles. The molecule has 0 unspecified atom stereocenters. The zero-order valence-corrected chi connectivity index (χ0v) is 16.6.